The summed E-state index contributed by atoms with van der Waals surface area (Å²) in [5.41, 5.74) is 3.55. The van der Waals surface area contributed by atoms with Crippen LogP contribution in [0, 0.1) is 0 Å². The Morgan fingerprint density at radius 1 is 0.742 bits per heavy atom. The van der Waals surface area contributed by atoms with Crippen LogP contribution < -0.4 is 10.2 Å². The molecule has 5 aromatic carbocycles. The quantitative estimate of drug-likeness (QED) is 0.233. The number of nitrogens with one attached hydrogen (secondary N) is 1. The highest BCUT2D eigenvalue weighted by Crippen LogP contribution is 2.27. The van der Waals surface area contributed by atoms with E-state index in [1.54, 1.807) is 6.21 Å². The molecule has 4 nitrogen and oxygen atoms in total. The molecule has 150 valence electrons. The van der Waals surface area contributed by atoms with E-state index in [4.69, 9.17) is 4.74 Å². The molecule has 0 saturated heterocycles. The van der Waals surface area contributed by atoms with Crippen molar-refractivity contribution in [3.05, 3.63) is 103 Å². The van der Waals surface area contributed by atoms with E-state index in [-0.39, 0.29) is 12.5 Å². The van der Waals surface area contributed by atoms with Crippen molar-refractivity contribution in [2.24, 2.45) is 5.10 Å². The predicted octanol–water partition coefficient (Wildman–Crippen LogP) is 5.68. The Labute approximate surface area is 179 Å². The fourth-order valence-electron chi connectivity index (χ4n) is 3.80. The first-order chi connectivity index (χ1) is 15.3. The van der Waals surface area contributed by atoms with E-state index in [2.05, 4.69) is 40.9 Å². The minimum absolute atomic E-state index is 0.105. The van der Waals surface area contributed by atoms with Gasteiger partial charge in [-0.2, -0.15) is 5.10 Å². The normalized spacial score (nSPS) is 11.4. The second-order valence-corrected chi connectivity index (χ2v) is 7.32. The maximum absolute atomic E-state index is 12.2. The lowest BCUT2D eigenvalue weighted by Gasteiger charge is -2.08. The molecule has 0 fully saturated rings. The Balaban J connectivity index is 1.31. The van der Waals surface area contributed by atoms with Gasteiger partial charge in [0.2, 0.25) is 0 Å². The van der Waals surface area contributed by atoms with Crippen LogP contribution in [0.1, 0.15) is 5.56 Å². The number of carbonyl (C=O) groups excluding carboxylic acids is 1. The number of benzene rings is 5. The maximum atomic E-state index is 12.2. The molecule has 1 amide bonds. The first-order valence-electron chi connectivity index (χ1n) is 10.1. The summed E-state index contributed by atoms with van der Waals surface area (Å²) in [4.78, 5) is 12.2. The predicted molar refractivity (Wildman–Crippen MR) is 127 cm³/mol. The molecule has 0 unspecified atom stereocenters. The van der Waals surface area contributed by atoms with Gasteiger partial charge in [-0.1, -0.05) is 78.9 Å². The zero-order valence-electron chi connectivity index (χ0n) is 16.8. The minimum Gasteiger partial charge on any atom is -0.484 e. The fraction of sp³-hybridized carbons (Fsp3) is 0.0370. The van der Waals surface area contributed by atoms with Crippen LogP contribution in [-0.2, 0) is 4.79 Å². The van der Waals surface area contributed by atoms with Crippen molar-refractivity contribution in [3.8, 4) is 5.75 Å². The van der Waals surface area contributed by atoms with E-state index < -0.39 is 0 Å². The van der Waals surface area contributed by atoms with Crippen LogP contribution in [0.25, 0.3) is 32.3 Å². The van der Waals surface area contributed by atoms with Crippen LogP contribution in [0.5, 0.6) is 5.75 Å². The second-order valence-electron chi connectivity index (χ2n) is 7.32. The largest absolute Gasteiger partial charge is 0.484 e. The molecule has 0 aliphatic carbocycles. The Bertz CT molecular complexity index is 1390. The number of nitrogens with zero attached hydrogens (tertiary/aromatic N) is 1. The van der Waals surface area contributed by atoms with Gasteiger partial charge in [0.05, 0.1) is 6.21 Å². The molecule has 0 aromatic heterocycles. The van der Waals surface area contributed by atoms with E-state index in [0.717, 1.165) is 37.9 Å². The Hall–Kier alpha value is -4.18. The molecule has 0 spiro atoms. The van der Waals surface area contributed by atoms with Gasteiger partial charge in [-0.25, -0.2) is 5.43 Å². The average molecular weight is 404 g/mol. The number of hydrogen-bond donors (Lipinski definition) is 1. The molecule has 0 aliphatic rings. The summed E-state index contributed by atoms with van der Waals surface area (Å²) < 4.78 is 5.63. The highest BCUT2D eigenvalue weighted by molar-refractivity contribution is 6.13. The maximum Gasteiger partial charge on any atom is 0.277 e. The summed E-state index contributed by atoms with van der Waals surface area (Å²) in [6.07, 6.45) is 1.71. The lowest BCUT2D eigenvalue weighted by atomic mass is 9.97. The molecule has 0 heterocycles. The standard InChI is InChI=1S/C27H20N2O2/c30-27(18-31-23-14-13-19-7-1-2-8-20(19)16-23)29-28-17-26-24-11-5-3-9-21(24)15-22-10-4-6-12-25(22)26/h1-17H,18H2,(H,29,30)/b28-17-. The SMILES string of the molecule is O=C(COc1ccc2ccccc2c1)N/N=C\c1c2ccccc2cc2ccccc12. The number of hydrogen-bond acceptors (Lipinski definition) is 3. The highest BCUT2D eigenvalue weighted by atomic mass is 16.5. The summed E-state index contributed by atoms with van der Waals surface area (Å²) in [6.45, 7) is -0.105. The van der Waals surface area contributed by atoms with Crippen LogP contribution in [0.4, 0.5) is 0 Å². The number of hydrazone groups is 1. The average Bonchev–Trinajstić information content (AvgIpc) is 2.82. The third-order valence-electron chi connectivity index (χ3n) is 5.29. The van der Waals surface area contributed by atoms with Crippen LogP contribution >= 0.6 is 0 Å². The van der Waals surface area contributed by atoms with Crippen LogP contribution in [-0.4, -0.2) is 18.7 Å². The van der Waals surface area contributed by atoms with Crippen molar-refractivity contribution in [3.63, 3.8) is 0 Å². The molecule has 0 bridgehead atoms. The van der Waals surface area contributed by atoms with E-state index in [9.17, 15) is 4.79 Å². The third-order valence-corrected chi connectivity index (χ3v) is 5.29. The second kappa shape index (κ2) is 8.28. The Morgan fingerprint density at radius 3 is 2.06 bits per heavy atom. The van der Waals surface area contributed by atoms with E-state index in [1.165, 1.54) is 0 Å². The van der Waals surface area contributed by atoms with Crippen molar-refractivity contribution in [2.75, 3.05) is 6.61 Å². The molecule has 4 heteroatoms. The van der Waals surface area contributed by atoms with Crippen molar-refractivity contribution in [1.29, 1.82) is 0 Å². The minimum atomic E-state index is -0.311. The van der Waals surface area contributed by atoms with Crippen LogP contribution in [0.2, 0.25) is 0 Å². The van der Waals surface area contributed by atoms with Gasteiger partial charge in [-0.3, -0.25) is 4.79 Å². The van der Waals surface area contributed by atoms with Gasteiger partial charge in [0.15, 0.2) is 6.61 Å². The summed E-state index contributed by atoms with van der Waals surface area (Å²) in [5, 5.41) is 10.8. The van der Waals surface area contributed by atoms with Gasteiger partial charge in [0, 0.05) is 5.56 Å². The van der Waals surface area contributed by atoms with Crippen molar-refractivity contribution < 1.29 is 9.53 Å². The number of rotatable bonds is 5. The molecule has 0 radical (unpaired) electrons. The fourth-order valence-corrected chi connectivity index (χ4v) is 3.80. The number of ether oxygens (including phenoxy) is 1. The van der Waals surface area contributed by atoms with E-state index in [1.807, 2.05) is 66.7 Å². The lowest BCUT2D eigenvalue weighted by molar-refractivity contribution is -0.123. The zero-order chi connectivity index (χ0) is 21.0. The Morgan fingerprint density at radius 2 is 1.35 bits per heavy atom. The summed E-state index contributed by atoms with van der Waals surface area (Å²) in [7, 11) is 0. The van der Waals surface area contributed by atoms with Gasteiger partial charge in [0.25, 0.3) is 5.91 Å². The molecule has 0 saturated carbocycles. The topological polar surface area (TPSA) is 50.7 Å². The van der Waals surface area contributed by atoms with Gasteiger partial charge < -0.3 is 4.74 Å². The van der Waals surface area contributed by atoms with Crippen molar-refractivity contribution in [1.82, 2.24) is 5.43 Å². The number of carbonyl (C=O) groups is 1. The first kappa shape index (κ1) is 18.8. The number of amides is 1. The summed E-state index contributed by atoms with van der Waals surface area (Å²) in [5.74, 6) is 0.340. The van der Waals surface area contributed by atoms with Crippen molar-refractivity contribution >= 4 is 44.4 Å². The lowest BCUT2D eigenvalue weighted by Crippen LogP contribution is -2.24. The van der Waals surface area contributed by atoms with Crippen LogP contribution in [0.15, 0.2) is 102 Å². The smallest absolute Gasteiger partial charge is 0.277 e. The molecular formula is C27H20N2O2. The van der Waals surface area contributed by atoms with Gasteiger partial charge in [-0.05, 0) is 50.5 Å². The molecule has 5 aromatic rings. The van der Waals surface area contributed by atoms with Crippen molar-refractivity contribution in [2.45, 2.75) is 0 Å². The van der Waals surface area contributed by atoms with Gasteiger partial charge in [-0.15, -0.1) is 0 Å². The van der Waals surface area contributed by atoms with Crippen LogP contribution in [0.3, 0.4) is 0 Å². The zero-order valence-corrected chi connectivity index (χ0v) is 16.8. The van der Waals surface area contributed by atoms with E-state index in [0.29, 0.717) is 5.75 Å². The highest BCUT2D eigenvalue weighted by Gasteiger charge is 2.06. The molecular weight excluding hydrogens is 384 g/mol. The molecule has 1 N–H and O–H groups in total. The monoisotopic (exact) mass is 404 g/mol. The molecule has 0 aliphatic heterocycles. The third kappa shape index (κ3) is 3.96. The first-order valence-corrected chi connectivity index (χ1v) is 10.1. The summed E-state index contributed by atoms with van der Waals surface area (Å²) in [6, 6.07) is 32.3. The Kier molecular flexibility index (Phi) is 5.03. The van der Waals surface area contributed by atoms with Gasteiger partial charge in [0.1, 0.15) is 5.75 Å². The molecule has 5 rings (SSSR count). The molecule has 0 atom stereocenters. The summed E-state index contributed by atoms with van der Waals surface area (Å²) >= 11 is 0. The van der Waals surface area contributed by atoms with E-state index >= 15 is 0 Å². The van der Waals surface area contributed by atoms with Gasteiger partial charge >= 0.3 is 0 Å². The number of fused-ring (bicyclic) bond motifs is 3. The molecule has 31 heavy (non-hydrogen) atoms.